The van der Waals surface area contributed by atoms with Gasteiger partial charge < -0.3 is 28.8 Å². The maximum Gasteiger partial charge on any atom is 0.253 e. The van der Waals surface area contributed by atoms with Gasteiger partial charge in [-0.2, -0.15) is 0 Å². The Labute approximate surface area is 257 Å². The largest absolute Gasteiger partial charge is 0.382 e. The van der Waals surface area contributed by atoms with Gasteiger partial charge >= 0.3 is 0 Å². The average molecular weight is 608 g/mol. The summed E-state index contributed by atoms with van der Waals surface area (Å²) in [6.45, 7) is 17.2. The molecule has 0 aromatic carbocycles. The molecule has 244 valence electrons. The van der Waals surface area contributed by atoms with Crippen LogP contribution in [0.4, 0.5) is 0 Å². The second-order valence-corrected chi connectivity index (χ2v) is 13.5. The monoisotopic (exact) mass is 607 g/mol. The second-order valence-electron chi connectivity index (χ2n) is 13.5. The number of methoxy groups -OCH3 is 2. The van der Waals surface area contributed by atoms with Crippen molar-refractivity contribution in [2.75, 3.05) is 34.0 Å². The van der Waals surface area contributed by atoms with Crippen LogP contribution >= 0.6 is 0 Å². The van der Waals surface area contributed by atoms with Crippen LogP contribution in [0.5, 0.6) is 0 Å². The number of imide groups is 1. The normalized spacial score (nSPS) is 33.1. The van der Waals surface area contributed by atoms with Gasteiger partial charge in [-0.1, -0.05) is 39.8 Å². The molecule has 3 aliphatic rings. The van der Waals surface area contributed by atoms with Crippen molar-refractivity contribution in [3.63, 3.8) is 0 Å². The maximum atomic E-state index is 13.4. The molecule has 0 spiro atoms. The summed E-state index contributed by atoms with van der Waals surface area (Å²) in [5.74, 6) is -0.935. The van der Waals surface area contributed by atoms with Crippen LogP contribution in [0.2, 0.25) is 0 Å². The lowest BCUT2D eigenvalue weighted by Gasteiger charge is -2.50. The molecule has 0 aromatic rings. The Kier molecular flexibility index (Phi) is 12.3. The van der Waals surface area contributed by atoms with Crippen molar-refractivity contribution in [1.82, 2.24) is 4.90 Å². The fourth-order valence-electron chi connectivity index (χ4n) is 6.50. The zero-order valence-electron chi connectivity index (χ0n) is 27.3. The third kappa shape index (κ3) is 8.41. The predicted octanol–water partition coefficient (Wildman–Crippen LogP) is 3.64. The fraction of sp³-hybridized carbons (Fsp3) is 0.788. The number of nitrogens with zero attached hydrogens (tertiary/aromatic N) is 1. The number of carbonyl (C=O) groups excluding carboxylic acids is 3. The van der Waals surface area contributed by atoms with Crippen LogP contribution in [0, 0.1) is 17.3 Å². The first-order valence-electron chi connectivity index (χ1n) is 15.5. The Hall–Kier alpha value is -1.95. The van der Waals surface area contributed by atoms with Gasteiger partial charge in [0.05, 0.1) is 37.1 Å². The molecule has 1 N–H and O–H groups in total. The third-order valence-corrected chi connectivity index (χ3v) is 9.78. The summed E-state index contributed by atoms with van der Waals surface area (Å²) in [4.78, 5) is 38.5. The third-order valence-electron chi connectivity index (χ3n) is 9.78. The minimum atomic E-state index is -1.28. The van der Waals surface area contributed by atoms with Gasteiger partial charge in [-0.15, -0.1) is 0 Å². The summed E-state index contributed by atoms with van der Waals surface area (Å²) in [6.07, 6.45) is 2.35. The molecule has 2 amide bonds. The van der Waals surface area contributed by atoms with Crippen molar-refractivity contribution in [3.05, 3.63) is 24.3 Å². The maximum absolute atomic E-state index is 13.4. The zero-order chi connectivity index (χ0) is 32.1. The van der Waals surface area contributed by atoms with Crippen LogP contribution in [0.15, 0.2) is 24.3 Å². The first-order valence-corrected chi connectivity index (χ1v) is 15.5. The van der Waals surface area contributed by atoms with Crippen molar-refractivity contribution in [1.29, 1.82) is 0 Å². The molecule has 0 bridgehead atoms. The fourth-order valence-corrected chi connectivity index (χ4v) is 6.50. The van der Waals surface area contributed by atoms with Crippen molar-refractivity contribution in [3.8, 4) is 0 Å². The highest BCUT2D eigenvalue weighted by molar-refractivity contribution is 6.12. The molecule has 0 unspecified atom stereocenters. The number of aliphatic hydroxyl groups excluding tert-OH is 1. The number of amides is 2. The minimum Gasteiger partial charge on any atom is -0.382 e. The highest BCUT2D eigenvalue weighted by Gasteiger charge is 2.49. The van der Waals surface area contributed by atoms with Crippen LogP contribution in [0.3, 0.4) is 0 Å². The molecule has 2 saturated heterocycles. The standard InChI is InChI=1S/C33H53NO9/c1-20(15-25(35)31(38)33(7)18-21(2)22(3)23(4)43-33)26-17-27(41-14-10-13-34-29(36)11-12-30(34)37)32(5,6)28(42-26)16-24(40-9)19-39-8/h11-12,20,22-24,26-28,31,38H,2,10,13-19H2,1,3-9H3/t20-,22-,23-,24+,26+,27-,28-,31-,33-/m1/s1. The number of ether oxygens (including phenoxy) is 5. The number of hydrogen-bond donors (Lipinski definition) is 1. The number of aliphatic hydroxyl groups is 1. The Morgan fingerprint density at radius 3 is 2.42 bits per heavy atom. The summed E-state index contributed by atoms with van der Waals surface area (Å²) in [5, 5.41) is 11.2. The van der Waals surface area contributed by atoms with E-state index in [1.54, 1.807) is 21.1 Å². The number of ketones is 1. The Balaban J connectivity index is 1.69. The number of rotatable bonds is 15. The van der Waals surface area contributed by atoms with E-state index in [0.717, 1.165) is 5.57 Å². The zero-order valence-corrected chi connectivity index (χ0v) is 27.3. The van der Waals surface area contributed by atoms with Crippen LogP contribution in [0.25, 0.3) is 0 Å². The van der Waals surface area contributed by atoms with E-state index in [4.69, 9.17) is 23.7 Å². The number of Topliss-reactive ketones (excluding diaryl/α,β-unsaturated/α-hetero) is 1. The summed E-state index contributed by atoms with van der Waals surface area (Å²) in [7, 11) is 3.28. The topological polar surface area (TPSA) is 121 Å². The minimum absolute atomic E-state index is 0.124. The van der Waals surface area contributed by atoms with Gasteiger partial charge in [0.2, 0.25) is 0 Å². The molecule has 0 saturated carbocycles. The van der Waals surface area contributed by atoms with Crippen molar-refractivity contribution in [2.45, 2.75) is 116 Å². The number of carbonyl (C=O) groups is 3. The molecule has 0 aromatic heterocycles. The van der Waals surface area contributed by atoms with E-state index in [1.807, 2.05) is 20.8 Å². The molecule has 0 radical (unpaired) electrons. The van der Waals surface area contributed by atoms with Gasteiger partial charge in [-0.3, -0.25) is 19.3 Å². The highest BCUT2D eigenvalue weighted by atomic mass is 16.5. The van der Waals surface area contributed by atoms with E-state index in [1.165, 1.54) is 17.1 Å². The van der Waals surface area contributed by atoms with Gasteiger partial charge in [0, 0.05) is 76.5 Å². The molecule has 3 heterocycles. The predicted molar refractivity (Wildman–Crippen MR) is 161 cm³/mol. The average Bonchev–Trinajstić information content (AvgIpc) is 3.26. The van der Waals surface area contributed by atoms with E-state index >= 15 is 0 Å². The van der Waals surface area contributed by atoms with Crippen LogP contribution < -0.4 is 0 Å². The molecule has 0 aliphatic carbocycles. The molecule has 10 heteroatoms. The lowest BCUT2D eigenvalue weighted by molar-refractivity contribution is -0.212. The van der Waals surface area contributed by atoms with E-state index in [-0.39, 0.29) is 72.9 Å². The second kappa shape index (κ2) is 14.9. The van der Waals surface area contributed by atoms with Crippen LogP contribution in [0.1, 0.15) is 73.6 Å². The number of hydrogen-bond acceptors (Lipinski definition) is 9. The summed E-state index contributed by atoms with van der Waals surface area (Å²) in [5.41, 5.74) is -0.453. The quantitative estimate of drug-likeness (QED) is 0.169. The Morgan fingerprint density at radius 2 is 1.84 bits per heavy atom. The molecular weight excluding hydrogens is 554 g/mol. The molecule has 2 fully saturated rings. The smallest absolute Gasteiger partial charge is 0.253 e. The van der Waals surface area contributed by atoms with E-state index in [9.17, 15) is 19.5 Å². The van der Waals surface area contributed by atoms with Gasteiger partial charge in [0.25, 0.3) is 11.8 Å². The Morgan fingerprint density at radius 1 is 1.19 bits per heavy atom. The molecule has 10 nitrogen and oxygen atoms in total. The lowest BCUT2D eigenvalue weighted by Crippen LogP contribution is -2.55. The van der Waals surface area contributed by atoms with Gasteiger partial charge in [-0.25, -0.2) is 0 Å². The lowest BCUT2D eigenvalue weighted by atomic mass is 9.72. The molecule has 3 aliphatic heterocycles. The van der Waals surface area contributed by atoms with Crippen molar-refractivity contribution in [2.24, 2.45) is 17.3 Å². The van der Waals surface area contributed by atoms with Crippen molar-refractivity contribution < 1.29 is 43.2 Å². The summed E-state index contributed by atoms with van der Waals surface area (Å²) >= 11 is 0. The summed E-state index contributed by atoms with van der Waals surface area (Å²) < 4.78 is 30.3. The van der Waals surface area contributed by atoms with Gasteiger partial charge in [-0.05, 0) is 26.2 Å². The first-order chi connectivity index (χ1) is 20.1. The van der Waals surface area contributed by atoms with Crippen molar-refractivity contribution >= 4 is 17.6 Å². The SMILES string of the molecule is C=C1C[C@](C)([C@H](O)C(=O)C[C@@H](C)[C@@H]2C[C@@H](OCCCN3C(=O)C=CC3=O)C(C)(C)[C@@H](C[C@@H](COC)OC)O2)O[C@H](C)[C@@H]1C. The first kappa shape index (κ1) is 35.5. The molecular formula is C33H53NO9. The van der Waals surface area contributed by atoms with E-state index in [0.29, 0.717) is 38.9 Å². The molecule has 43 heavy (non-hydrogen) atoms. The molecule has 3 rings (SSSR count). The van der Waals surface area contributed by atoms with E-state index in [2.05, 4.69) is 20.4 Å². The van der Waals surface area contributed by atoms with Crippen LogP contribution in [-0.2, 0) is 38.1 Å². The highest BCUT2D eigenvalue weighted by Crippen LogP contribution is 2.43. The van der Waals surface area contributed by atoms with Crippen LogP contribution in [-0.4, -0.2) is 104 Å². The summed E-state index contributed by atoms with van der Waals surface area (Å²) in [6, 6.07) is 0. The van der Waals surface area contributed by atoms with Gasteiger partial charge in [0.1, 0.15) is 11.7 Å². The van der Waals surface area contributed by atoms with Gasteiger partial charge in [0.15, 0.2) is 5.78 Å². The Bertz CT molecular complexity index is 1020. The van der Waals surface area contributed by atoms with E-state index < -0.39 is 17.1 Å². The molecule has 9 atom stereocenters.